The molecule has 0 unspecified atom stereocenters. The van der Waals surface area contributed by atoms with Gasteiger partial charge in [-0.1, -0.05) is 148 Å². The molecule has 4 nitrogen and oxygen atoms in total. The van der Waals surface area contributed by atoms with Crippen LogP contribution >= 0.6 is 0 Å². The summed E-state index contributed by atoms with van der Waals surface area (Å²) in [7, 11) is 0. The van der Waals surface area contributed by atoms with Gasteiger partial charge in [0.1, 0.15) is 0 Å². The Kier molecular flexibility index (Phi) is 39.5. The van der Waals surface area contributed by atoms with E-state index in [2.05, 4.69) is 135 Å². The van der Waals surface area contributed by atoms with Crippen LogP contribution in [0.15, 0.2) is 134 Å². The van der Waals surface area contributed by atoms with E-state index in [1.54, 1.807) is 0 Å². The summed E-state index contributed by atoms with van der Waals surface area (Å²) in [5, 5.41) is 17.0. The van der Waals surface area contributed by atoms with Crippen LogP contribution in [-0.2, 0) is 9.59 Å². The summed E-state index contributed by atoms with van der Waals surface area (Å²) in [6, 6.07) is 0. The number of hydrogen-bond donors (Lipinski definition) is 2. The molecule has 0 aliphatic rings. The average Bonchev–Trinajstić information content (AvgIpc) is 3.03. The number of rotatable bonds is 27. The third-order valence-electron chi connectivity index (χ3n) is 6.04. The minimum absolute atomic E-state index is 0.210. The molecule has 0 atom stereocenters. The smallest absolute Gasteiger partial charge is 0.303 e. The van der Waals surface area contributed by atoms with E-state index >= 15 is 0 Å². The van der Waals surface area contributed by atoms with Crippen LogP contribution < -0.4 is 0 Å². The molecule has 0 radical (unpaired) electrons. The average molecular weight is 631 g/mol. The van der Waals surface area contributed by atoms with Crippen molar-refractivity contribution < 1.29 is 19.8 Å². The van der Waals surface area contributed by atoms with Crippen LogP contribution in [0.2, 0.25) is 0 Å². The molecule has 0 saturated heterocycles. The molecule has 0 amide bonds. The van der Waals surface area contributed by atoms with Crippen molar-refractivity contribution in [3.05, 3.63) is 134 Å². The highest BCUT2D eigenvalue weighted by Gasteiger charge is 1.92. The molecule has 0 aromatic carbocycles. The SMILES string of the molecule is CC/C=C/C/C=C/C/C=C\C/C=C\C/C=C/C/C=C/CCC(=O)O.CC/C=C/C/C=C/C/C=C\C/C=C\C/C=C/CCCC(=O)O. The second-order valence-electron chi connectivity index (χ2n) is 10.3. The molecule has 0 aliphatic carbocycles. The maximum absolute atomic E-state index is 10.3. The lowest BCUT2D eigenvalue weighted by molar-refractivity contribution is -0.138. The summed E-state index contributed by atoms with van der Waals surface area (Å²) in [5.74, 6) is -1.46. The molecule has 46 heavy (non-hydrogen) atoms. The van der Waals surface area contributed by atoms with E-state index in [0.717, 1.165) is 83.5 Å². The molecular weight excluding hydrogens is 568 g/mol. The number of unbranched alkanes of at least 4 members (excludes halogenated alkanes) is 1. The molecule has 4 heteroatoms. The highest BCUT2D eigenvalue weighted by atomic mass is 16.4. The van der Waals surface area contributed by atoms with Crippen LogP contribution in [0.1, 0.15) is 117 Å². The zero-order valence-corrected chi connectivity index (χ0v) is 28.7. The van der Waals surface area contributed by atoms with Gasteiger partial charge in [0.2, 0.25) is 0 Å². The molecule has 254 valence electrons. The third-order valence-corrected chi connectivity index (χ3v) is 6.04. The van der Waals surface area contributed by atoms with E-state index in [-0.39, 0.29) is 12.8 Å². The molecule has 0 saturated carbocycles. The minimum atomic E-state index is -0.741. The number of aliphatic carboxylic acids is 2. The lowest BCUT2D eigenvalue weighted by Gasteiger charge is -1.89. The van der Waals surface area contributed by atoms with Crippen LogP contribution in [0, 0.1) is 0 Å². The number of carboxylic acid groups (broad SMARTS) is 2. The standard InChI is InChI=1S/C22H32O2.C20H30O2/c1-2-3-4-5-6-7-8-9-10-11-12-13-14-15-16-17-18-19-20-21-22(23)24;1-2-3-4-5-6-7-8-9-10-11-12-13-14-15-16-17-18-19-20(21)22/h3-4,6-7,9-10,12-13,15-16,18-19H,2,5,8,11,14,17,20-21H2,1H3,(H,23,24);3-4,6-7,9-10,12-13,15-16H,2,5,8,11,14,17-19H2,1H3,(H,21,22)/b4-3+,7-6+,10-9-,13-12-,16-15+,19-18+;4-3+,7-6+,10-9-,13-12-,16-15+. The van der Waals surface area contributed by atoms with E-state index < -0.39 is 11.9 Å². The van der Waals surface area contributed by atoms with Crippen molar-refractivity contribution in [3.63, 3.8) is 0 Å². The van der Waals surface area contributed by atoms with Crippen LogP contribution in [0.3, 0.4) is 0 Å². The summed E-state index contributed by atoms with van der Waals surface area (Å²) in [4.78, 5) is 20.6. The molecule has 0 aromatic rings. The Morgan fingerprint density at radius 3 is 0.848 bits per heavy atom. The molecule has 0 rings (SSSR count). The molecule has 0 bridgehead atoms. The van der Waals surface area contributed by atoms with Gasteiger partial charge in [-0.2, -0.15) is 0 Å². The van der Waals surface area contributed by atoms with Crippen molar-refractivity contribution in [2.45, 2.75) is 117 Å². The zero-order valence-electron chi connectivity index (χ0n) is 28.7. The van der Waals surface area contributed by atoms with Crippen molar-refractivity contribution in [2.24, 2.45) is 0 Å². The fourth-order valence-corrected chi connectivity index (χ4v) is 3.59. The Labute approximate surface area is 281 Å². The lowest BCUT2D eigenvalue weighted by atomic mass is 10.2. The van der Waals surface area contributed by atoms with E-state index in [1.807, 2.05) is 12.2 Å². The van der Waals surface area contributed by atoms with Gasteiger partial charge >= 0.3 is 11.9 Å². The topological polar surface area (TPSA) is 74.6 Å². The van der Waals surface area contributed by atoms with Crippen molar-refractivity contribution in [1.29, 1.82) is 0 Å². The van der Waals surface area contributed by atoms with Gasteiger partial charge in [0.05, 0.1) is 0 Å². The highest BCUT2D eigenvalue weighted by Crippen LogP contribution is 2.00. The number of allylic oxidation sites excluding steroid dienone is 22. The molecule has 0 heterocycles. The number of carboxylic acids is 2. The van der Waals surface area contributed by atoms with Crippen molar-refractivity contribution in [3.8, 4) is 0 Å². The van der Waals surface area contributed by atoms with Crippen LogP contribution in [0.25, 0.3) is 0 Å². The van der Waals surface area contributed by atoms with Gasteiger partial charge < -0.3 is 10.2 Å². The van der Waals surface area contributed by atoms with Gasteiger partial charge in [0, 0.05) is 12.8 Å². The Hall–Kier alpha value is -3.92. The van der Waals surface area contributed by atoms with Gasteiger partial charge in [0.25, 0.3) is 0 Å². The quantitative estimate of drug-likeness (QED) is 0.0699. The van der Waals surface area contributed by atoms with E-state index in [9.17, 15) is 9.59 Å². The molecule has 2 N–H and O–H groups in total. The fourth-order valence-electron chi connectivity index (χ4n) is 3.59. The third kappa shape index (κ3) is 47.0. The van der Waals surface area contributed by atoms with Crippen molar-refractivity contribution in [1.82, 2.24) is 0 Å². The first-order valence-electron chi connectivity index (χ1n) is 17.1. The van der Waals surface area contributed by atoms with E-state index in [0.29, 0.717) is 6.42 Å². The number of carbonyl (C=O) groups is 2. The van der Waals surface area contributed by atoms with Gasteiger partial charge in [-0.25, -0.2) is 0 Å². The molecule has 0 aliphatic heterocycles. The van der Waals surface area contributed by atoms with Gasteiger partial charge in [-0.15, -0.1) is 0 Å². The van der Waals surface area contributed by atoms with Gasteiger partial charge in [-0.05, 0) is 89.9 Å². The maximum Gasteiger partial charge on any atom is 0.303 e. The second-order valence-corrected chi connectivity index (χ2v) is 10.3. The predicted molar refractivity (Wildman–Crippen MR) is 201 cm³/mol. The van der Waals surface area contributed by atoms with Crippen LogP contribution in [0.4, 0.5) is 0 Å². The summed E-state index contributed by atoms with van der Waals surface area (Å²) in [6.45, 7) is 4.29. The molecular formula is C42H62O4. The summed E-state index contributed by atoms with van der Waals surface area (Å²) >= 11 is 0. The molecule has 0 fully saturated rings. The van der Waals surface area contributed by atoms with E-state index in [1.165, 1.54) is 0 Å². The largest absolute Gasteiger partial charge is 0.481 e. The molecule has 0 aromatic heterocycles. The maximum atomic E-state index is 10.3. The van der Waals surface area contributed by atoms with Crippen molar-refractivity contribution in [2.75, 3.05) is 0 Å². The second kappa shape index (κ2) is 41.1. The Morgan fingerprint density at radius 2 is 0.587 bits per heavy atom. The first kappa shape index (κ1) is 44.2. The zero-order chi connectivity index (χ0) is 34.0. The predicted octanol–water partition coefficient (Wildman–Crippen LogP) is 12.5. The van der Waals surface area contributed by atoms with Gasteiger partial charge in [-0.3, -0.25) is 9.59 Å². The lowest BCUT2D eigenvalue weighted by Crippen LogP contribution is -1.92. The normalized spacial score (nSPS) is 12.9. The van der Waals surface area contributed by atoms with Crippen LogP contribution in [0.5, 0.6) is 0 Å². The monoisotopic (exact) mass is 630 g/mol. The first-order chi connectivity index (χ1) is 22.5. The highest BCUT2D eigenvalue weighted by molar-refractivity contribution is 5.67. The summed E-state index contributed by atoms with van der Waals surface area (Å²) in [5.41, 5.74) is 0. The van der Waals surface area contributed by atoms with E-state index in [4.69, 9.17) is 10.2 Å². The first-order valence-corrected chi connectivity index (χ1v) is 17.1. The number of hydrogen-bond acceptors (Lipinski definition) is 2. The summed E-state index contributed by atoms with van der Waals surface area (Å²) in [6.07, 6.45) is 60.9. The van der Waals surface area contributed by atoms with Crippen molar-refractivity contribution >= 4 is 11.9 Å². The Balaban J connectivity index is 0. The molecule has 0 spiro atoms. The fraction of sp³-hybridized carbons (Fsp3) is 0.429. The Morgan fingerprint density at radius 1 is 0.348 bits per heavy atom. The van der Waals surface area contributed by atoms with Crippen LogP contribution in [-0.4, -0.2) is 22.2 Å². The Bertz CT molecular complexity index is 1030. The van der Waals surface area contributed by atoms with Gasteiger partial charge in [0.15, 0.2) is 0 Å². The summed E-state index contributed by atoms with van der Waals surface area (Å²) < 4.78 is 0. The minimum Gasteiger partial charge on any atom is -0.481 e.